The van der Waals surface area contributed by atoms with Crippen molar-refractivity contribution in [2.45, 2.75) is 39.7 Å². The highest BCUT2D eigenvalue weighted by molar-refractivity contribution is 5.37. The lowest BCUT2D eigenvalue weighted by molar-refractivity contribution is 0.463. The van der Waals surface area contributed by atoms with Crippen molar-refractivity contribution in [3.05, 3.63) is 17.5 Å². The third-order valence-corrected chi connectivity index (χ3v) is 3.03. The van der Waals surface area contributed by atoms with Crippen molar-refractivity contribution < 1.29 is 0 Å². The minimum Gasteiger partial charge on any atom is -0.339 e. The summed E-state index contributed by atoms with van der Waals surface area (Å²) in [5.41, 5.74) is 1.22. The van der Waals surface area contributed by atoms with Gasteiger partial charge in [-0.15, -0.1) is 0 Å². The molecular weight excluding hydrogens is 200 g/mol. The lowest BCUT2D eigenvalue weighted by Crippen LogP contribution is -2.41. The lowest BCUT2D eigenvalue weighted by atomic mass is 10.0. The van der Waals surface area contributed by atoms with Crippen LogP contribution in [0.3, 0.4) is 0 Å². The van der Waals surface area contributed by atoms with Gasteiger partial charge in [0.25, 0.3) is 0 Å². The Balaban J connectivity index is 3.14. The molecule has 0 radical (unpaired) electrons. The van der Waals surface area contributed by atoms with Gasteiger partial charge in [-0.25, -0.2) is 9.97 Å². The minimum atomic E-state index is -0.0134. The average Bonchev–Trinajstić information content (AvgIpc) is 2.27. The van der Waals surface area contributed by atoms with Gasteiger partial charge in [0, 0.05) is 18.3 Å². The van der Waals surface area contributed by atoms with E-state index < -0.39 is 0 Å². The van der Waals surface area contributed by atoms with E-state index in [1.54, 1.807) is 6.07 Å². The Morgan fingerprint density at radius 2 is 2.06 bits per heavy atom. The maximum atomic E-state index is 8.87. The highest BCUT2D eigenvalue weighted by Gasteiger charge is 2.23. The van der Waals surface area contributed by atoms with E-state index in [9.17, 15) is 0 Å². The second-order valence-electron chi connectivity index (χ2n) is 4.53. The highest BCUT2D eigenvalue weighted by atomic mass is 15.3. The maximum Gasteiger partial charge on any atom is 0.226 e. The molecular formula is C12H18N4. The molecule has 1 aromatic rings. The molecule has 0 fully saturated rings. The monoisotopic (exact) mass is 218 g/mol. The fraction of sp³-hybridized carbons (Fsp3) is 0.583. The van der Waals surface area contributed by atoms with Crippen molar-refractivity contribution in [3.8, 4) is 6.07 Å². The predicted molar refractivity (Wildman–Crippen MR) is 64.3 cm³/mol. The molecule has 4 heteroatoms. The fourth-order valence-electron chi connectivity index (χ4n) is 1.27. The minimum absolute atomic E-state index is 0.0134. The lowest BCUT2D eigenvalue weighted by Gasteiger charge is -2.34. The summed E-state index contributed by atoms with van der Waals surface area (Å²) in [4.78, 5) is 10.6. The number of nitrogens with zero attached hydrogens (tertiary/aromatic N) is 4. The second kappa shape index (κ2) is 4.48. The van der Waals surface area contributed by atoms with Crippen LogP contribution in [0.4, 0.5) is 5.95 Å². The molecule has 0 bridgehead atoms. The van der Waals surface area contributed by atoms with Crippen molar-refractivity contribution in [2.24, 2.45) is 0 Å². The van der Waals surface area contributed by atoms with Crippen molar-refractivity contribution >= 4 is 5.95 Å². The highest BCUT2D eigenvalue weighted by Crippen LogP contribution is 2.21. The van der Waals surface area contributed by atoms with E-state index in [0.717, 1.165) is 12.1 Å². The van der Waals surface area contributed by atoms with Crippen LogP contribution >= 0.6 is 0 Å². The maximum absolute atomic E-state index is 8.87. The standard InChI is InChI=1S/C12H18N4/c1-6-12(3,4)16(5)11-14-9(2)7-10(8-13)15-11/h7H,6H2,1-5H3. The molecule has 0 atom stereocenters. The molecule has 86 valence electrons. The molecule has 0 saturated heterocycles. The summed E-state index contributed by atoms with van der Waals surface area (Å²) in [5, 5.41) is 8.87. The summed E-state index contributed by atoms with van der Waals surface area (Å²) in [6, 6.07) is 3.75. The number of hydrogen-bond acceptors (Lipinski definition) is 4. The molecule has 0 aliphatic rings. The van der Waals surface area contributed by atoms with Gasteiger partial charge in [0.2, 0.25) is 5.95 Å². The number of aromatic nitrogens is 2. The van der Waals surface area contributed by atoms with Crippen molar-refractivity contribution in [3.63, 3.8) is 0 Å². The van der Waals surface area contributed by atoms with Crippen LogP contribution < -0.4 is 4.90 Å². The molecule has 0 spiro atoms. The molecule has 1 heterocycles. The van der Waals surface area contributed by atoms with Gasteiger partial charge >= 0.3 is 0 Å². The van der Waals surface area contributed by atoms with E-state index in [1.165, 1.54) is 0 Å². The zero-order valence-electron chi connectivity index (χ0n) is 10.6. The Labute approximate surface area is 96.9 Å². The van der Waals surface area contributed by atoms with Crippen LogP contribution in [-0.2, 0) is 0 Å². The summed E-state index contributed by atoms with van der Waals surface area (Å²) < 4.78 is 0. The number of aryl methyl sites for hydroxylation is 1. The summed E-state index contributed by atoms with van der Waals surface area (Å²) in [6.07, 6.45) is 0.989. The first-order chi connectivity index (χ1) is 7.40. The molecule has 0 aromatic carbocycles. The summed E-state index contributed by atoms with van der Waals surface area (Å²) in [7, 11) is 1.96. The molecule has 1 aromatic heterocycles. The molecule has 0 aliphatic carbocycles. The van der Waals surface area contributed by atoms with Crippen molar-refractivity contribution in [1.82, 2.24) is 9.97 Å². The first-order valence-electron chi connectivity index (χ1n) is 5.40. The topological polar surface area (TPSA) is 52.8 Å². The Kier molecular flexibility index (Phi) is 3.48. The molecule has 4 nitrogen and oxygen atoms in total. The van der Waals surface area contributed by atoms with Gasteiger partial charge in [-0.1, -0.05) is 6.92 Å². The average molecular weight is 218 g/mol. The summed E-state index contributed by atoms with van der Waals surface area (Å²) in [6.45, 7) is 8.26. The molecule has 16 heavy (non-hydrogen) atoms. The molecule has 0 aliphatic heterocycles. The van der Waals surface area contributed by atoms with Gasteiger partial charge in [0.15, 0.2) is 0 Å². The Hall–Kier alpha value is -1.63. The van der Waals surface area contributed by atoms with Crippen LogP contribution in [0.15, 0.2) is 6.07 Å². The number of nitriles is 1. The zero-order valence-corrected chi connectivity index (χ0v) is 10.6. The van der Waals surface area contributed by atoms with Crippen LogP contribution in [0, 0.1) is 18.3 Å². The van der Waals surface area contributed by atoms with Gasteiger partial charge in [0.1, 0.15) is 11.8 Å². The van der Waals surface area contributed by atoms with Gasteiger partial charge in [-0.05, 0) is 33.3 Å². The molecule has 0 N–H and O–H groups in total. The normalized spacial score (nSPS) is 11.0. The summed E-state index contributed by atoms with van der Waals surface area (Å²) in [5.74, 6) is 0.614. The van der Waals surface area contributed by atoms with E-state index in [-0.39, 0.29) is 5.54 Å². The van der Waals surface area contributed by atoms with E-state index in [4.69, 9.17) is 5.26 Å². The predicted octanol–water partition coefficient (Wildman–Crippen LogP) is 2.28. The number of rotatable bonds is 3. The van der Waals surface area contributed by atoms with Gasteiger partial charge in [-0.3, -0.25) is 0 Å². The van der Waals surface area contributed by atoms with Gasteiger partial charge < -0.3 is 4.90 Å². The quantitative estimate of drug-likeness (QED) is 0.781. The fourth-order valence-corrected chi connectivity index (χ4v) is 1.27. The Bertz CT molecular complexity index is 418. The second-order valence-corrected chi connectivity index (χ2v) is 4.53. The Morgan fingerprint density at radius 3 is 2.56 bits per heavy atom. The number of hydrogen-bond donors (Lipinski definition) is 0. The van der Waals surface area contributed by atoms with Crippen LogP contribution in [0.25, 0.3) is 0 Å². The van der Waals surface area contributed by atoms with Crippen LogP contribution in [-0.4, -0.2) is 22.6 Å². The largest absolute Gasteiger partial charge is 0.339 e. The van der Waals surface area contributed by atoms with Crippen LogP contribution in [0.5, 0.6) is 0 Å². The van der Waals surface area contributed by atoms with Crippen molar-refractivity contribution in [1.29, 1.82) is 5.26 Å². The summed E-state index contributed by atoms with van der Waals surface area (Å²) >= 11 is 0. The van der Waals surface area contributed by atoms with Crippen LogP contribution in [0.2, 0.25) is 0 Å². The smallest absolute Gasteiger partial charge is 0.226 e. The van der Waals surface area contributed by atoms with Crippen LogP contribution in [0.1, 0.15) is 38.6 Å². The van der Waals surface area contributed by atoms with E-state index in [1.807, 2.05) is 18.9 Å². The van der Waals surface area contributed by atoms with Gasteiger partial charge in [-0.2, -0.15) is 5.26 Å². The molecule has 0 amide bonds. The molecule has 0 saturated carbocycles. The first kappa shape index (κ1) is 12.4. The number of anilines is 1. The zero-order chi connectivity index (χ0) is 12.3. The van der Waals surface area contributed by atoms with E-state index in [2.05, 4.69) is 36.8 Å². The Morgan fingerprint density at radius 1 is 1.44 bits per heavy atom. The van der Waals surface area contributed by atoms with E-state index in [0.29, 0.717) is 11.6 Å². The third kappa shape index (κ3) is 2.48. The third-order valence-electron chi connectivity index (χ3n) is 3.03. The SMILES string of the molecule is CCC(C)(C)N(C)c1nc(C)cc(C#N)n1. The molecule has 1 rings (SSSR count). The van der Waals surface area contributed by atoms with Gasteiger partial charge in [0.05, 0.1) is 0 Å². The molecule has 0 unspecified atom stereocenters. The van der Waals surface area contributed by atoms with E-state index >= 15 is 0 Å². The van der Waals surface area contributed by atoms with Crippen molar-refractivity contribution in [2.75, 3.05) is 11.9 Å². The first-order valence-corrected chi connectivity index (χ1v) is 5.40.